The quantitative estimate of drug-likeness (QED) is 0.609. The number of carboxylic acids is 1. The maximum Gasteiger partial charge on any atom is 0.328 e. The van der Waals surface area contributed by atoms with Gasteiger partial charge in [-0.15, -0.1) is 0 Å². The van der Waals surface area contributed by atoms with Crippen LogP contribution in [0.4, 0.5) is 0 Å². The third kappa shape index (κ3) is 3.99. The van der Waals surface area contributed by atoms with Crippen LogP contribution in [0, 0.1) is 0 Å². The van der Waals surface area contributed by atoms with Crippen LogP contribution in [0.2, 0.25) is 0 Å². The van der Waals surface area contributed by atoms with Crippen LogP contribution >= 0.6 is 0 Å². The van der Waals surface area contributed by atoms with Gasteiger partial charge in [0, 0.05) is 26.2 Å². The molecule has 0 radical (unpaired) electrons. The number of carbonyl (C=O) groups is 3. The highest BCUT2D eigenvalue weighted by Crippen LogP contribution is 2.08. The molecule has 2 N–H and O–H groups in total. The van der Waals surface area contributed by atoms with Crippen LogP contribution in [-0.4, -0.2) is 60.1 Å². The smallest absolute Gasteiger partial charge is 0.328 e. The van der Waals surface area contributed by atoms with E-state index >= 15 is 0 Å². The van der Waals surface area contributed by atoms with E-state index in [1.165, 1.54) is 0 Å². The Labute approximate surface area is 105 Å². The van der Waals surface area contributed by atoms with E-state index < -0.39 is 12.0 Å². The third-order valence-electron chi connectivity index (χ3n) is 2.67. The lowest BCUT2D eigenvalue weighted by atomic mass is 10.1. The number of hydrogen-bond donors (Lipinski definition) is 2. The number of amides is 2. The molecule has 0 aromatic carbocycles. The SMILES string of the molecule is CCOCCCC(=O)N1CC(=O)NCC1C(=O)O. The molecule has 1 rings (SSSR count). The highest BCUT2D eigenvalue weighted by Gasteiger charge is 2.34. The van der Waals surface area contributed by atoms with Crippen molar-refractivity contribution in [3.63, 3.8) is 0 Å². The Kier molecular flexibility index (Phi) is 5.57. The highest BCUT2D eigenvalue weighted by molar-refractivity contribution is 5.91. The Morgan fingerprint density at radius 1 is 1.56 bits per heavy atom. The minimum absolute atomic E-state index is 0.0363. The monoisotopic (exact) mass is 258 g/mol. The van der Waals surface area contributed by atoms with Crippen molar-refractivity contribution in [3.8, 4) is 0 Å². The van der Waals surface area contributed by atoms with E-state index in [4.69, 9.17) is 9.84 Å². The molecule has 0 aromatic rings. The lowest BCUT2D eigenvalue weighted by Gasteiger charge is -2.32. The predicted molar refractivity (Wildman–Crippen MR) is 61.9 cm³/mol. The molecule has 1 unspecified atom stereocenters. The van der Waals surface area contributed by atoms with Crippen molar-refractivity contribution in [2.45, 2.75) is 25.8 Å². The fourth-order valence-electron chi connectivity index (χ4n) is 1.74. The molecule has 0 saturated carbocycles. The fourth-order valence-corrected chi connectivity index (χ4v) is 1.74. The lowest BCUT2D eigenvalue weighted by molar-refractivity contribution is -0.154. The summed E-state index contributed by atoms with van der Waals surface area (Å²) in [5, 5.41) is 11.4. The van der Waals surface area contributed by atoms with Crippen molar-refractivity contribution in [2.75, 3.05) is 26.3 Å². The first-order chi connectivity index (χ1) is 8.56. The van der Waals surface area contributed by atoms with E-state index in [2.05, 4.69) is 5.32 Å². The van der Waals surface area contributed by atoms with Gasteiger partial charge in [0.2, 0.25) is 11.8 Å². The normalized spacial score (nSPS) is 19.5. The van der Waals surface area contributed by atoms with Gasteiger partial charge in [-0.1, -0.05) is 0 Å². The van der Waals surface area contributed by atoms with Crippen molar-refractivity contribution in [2.24, 2.45) is 0 Å². The zero-order valence-electron chi connectivity index (χ0n) is 10.3. The van der Waals surface area contributed by atoms with Crippen LogP contribution in [-0.2, 0) is 19.1 Å². The molecule has 1 saturated heterocycles. The second-order valence-electron chi connectivity index (χ2n) is 3.98. The van der Waals surface area contributed by atoms with E-state index in [0.717, 1.165) is 4.90 Å². The summed E-state index contributed by atoms with van der Waals surface area (Å²) in [6.07, 6.45) is 0.716. The fraction of sp³-hybridized carbons (Fsp3) is 0.727. The second-order valence-corrected chi connectivity index (χ2v) is 3.98. The molecule has 1 atom stereocenters. The standard InChI is InChI=1S/C11H18N2O5/c1-2-18-5-3-4-10(15)13-7-9(14)12-6-8(13)11(16)17/h8H,2-7H2,1H3,(H,12,14)(H,16,17). The van der Waals surface area contributed by atoms with Crippen molar-refractivity contribution in [1.82, 2.24) is 10.2 Å². The van der Waals surface area contributed by atoms with E-state index in [-0.39, 0.29) is 31.3 Å². The molecule has 102 valence electrons. The summed E-state index contributed by atoms with van der Waals surface area (Å²) in [4.78, 5) is 35.1. The zero-order chi connectivity index (χ0) is 13.5. The van der Waals surface area contributed by atoms with E-state index in [1.807, 2.05) is 6.92 Å². The average molecular weight is 258 g/mol. The number of piperazine rings is 1. The summed E-state index contributed by atoms with van der Waals surface area (Å²) in [5.74, 6) is -1.75. The summed E-state index contributed by atoms with van der Waals surface area (Å²) >= 11 is 0. The highest BCUT2D eigenvalue weighted by atomic mass is 16.5. The van der Waals surface area contributed by atoms with Gasteiger partial charge in [-0.3, -0.25) is 9.59 Å². The number of hydrogen-bond acceptors (Lipinski definition) is 4. The van der Waals surface area contributed by atoms with E-state index in [0.29, 0.717) is 19.6 Å². The van der Waals surface area contributed by atoms with E-state index in [1.54, 1.807) is 0 Å². The summed E-state index contributed by atoms with van der Waals surface area (Å²) < 4.78 is 5.10. The van der Waals surface area contributed by atoms with Crippen molar-refractivity contribution < 1.29 is 24.2 Å². The average Bonchev–Trinajstić information content (AvgIpc) is 2.34. The Morgan fingerprint density at radius 2 is 2.28 bits per heavy atom. The summed E-state index contributed by atoms with van der Waals surface area (Å²) in [5.41, 5.74) is 0. The van der Waals surface area contributed by atoms with Gasteiger partial charge in [0.15, 0.2) is 0 Å². The van der Waals surface area contributed by atoms with Crippen LogP contribution in [0.15, 0.2) is 0 Å². The van der Waals surface area contributed by atoms with Crippen LogP contribution in [0.25, 0.3) is 0 Å². The van der Waals surface area contributed by atoms with Gasteiger partial charge in [0.1, 0.15) is 12.6 Å². The third-order valence-corrected chi connectivity index (χ3v) is 2.67. The zero-order valence-corrected chi connectivity index (χ0v) is 10.3. The minimum atomic E-state index is -1.10. The lowest BCUT2D eigenvalue weighted by Crippen LogP contribution is -2.59. The van der Waals surface area contributed by atoms with Crippen molar-refractivity contribution in [3.05, 3.63) is 0 Å². The molecular weight excluding hydrogens is 240 g/mol. The number of rotatable bonds is 6. The van der Waals surface area contributed by atoms with Crippen LogP contribution in [0.1, 0.15) is 19.8 Å². The first-order valence-corrected chi connectivity index (χ1v) is 5.93. The number of aliphatic carboxylic acids is 1. The topological polar surface area (TPSA) is 95.9 Å². The van der Waals surface area contributed by atoms with Gasteiger partial charge < -0.3 is 20.1 Å². The van der Waals surface area contributed by atoms with Gasteiger partial charge in [-0.2, -0.15) is 0 Å². The Bertz CT molecular complexity index is 331. The molecule has 7 heteroatoms. The van der Waals surface area contributed by atoms with Gasteiger partial charge >= 0.3 is 5.97 Å². The van der Waals surface area contributed by atoms with Crippen LogP contribution in [0.5, 0.6) is 0 Å². The molecule has 0 bridgehead atoms. The molecule has 0 aromatic heterocycles. The van der Waals surface area contributed by atoms with Crippen molar-refractivity contribution >= 4 is 17.8 Å². The first kappa shape index (κ1) is 14.4. The number of carbonyl (C=O) groups excluding carboxylic acids is 2. The Morgan fingerprint density at radius 3 is 2.89 bits per heavy atom. The predicted octanol–water partition coefficient (Wildman–Crippen LogP) is -0.785. The van der Waals surface area contributed by atoms with E-state index in [9.17, 15) is 14.4 Å². The molecule has 1 fully saturated rings. The Balaban J connectivity index is 2.50. The molecule has 18 heavy (non-hydrogen) atoms. The first-order valence-electron chi connectivity index (χ1n) is 5.93. The molecular formula is C11H18N2O5. The molecule has 0 spiro atoms. The van der Waals surface area contributed by atoms with Crippen LogP contribution in [0.3, 0.4) is 0 Å². The maximum absolute atomic E-state index is 11.8. The summed E-state index contributed by atoms with van der Waals surface area (Å²) in [6.45, 7) is 2.67. The molecule has 1 aliphatic heterocycles. The molecule has 1 aliphatic rings. The van der Waals surface area contributed by atoms with Gasteiger partial charge in [-0.05, 0) is 13.3 Å². The number of ether oxygens (including phenoxy) is 1. The van der Waals surface area contributed by atoms with Crippen LogP contribution < -0.4 is 5.32 Å². The number of nitrogens with one attached hydrogen (secondary N) is 1. The van der Waals surface area contributed by atoms with Gasteiger partial charge in [0.25, 0.3) is 0 Å². The summed E-state index contributed by atoms with van der Waals surface area (Å²) in [6, 6.07) is -0.970. The van der Waals surface area contributed by atoms with Crippen molar-refractivity contribution in [1.29, 1.82) is 0 Å². The second kappa shape index (κ2) is 6.95. The largest absolute Gasteiger partial charge is 0.480 e. The molecule has 1 heterocycles. The number of carboxylic acid groups (broad SMARTS) is 1. The molecule has 2 amide bonds. The number of nitrogens with zero attached hydrogens (tertiary/aromatic N) is 1. The summed E-state index contributed by atoms with van der Waals surface area (Å²) in [7, 11) is 0. The minimum Gasteiger partial charge on any atom is -0.480 e. The maximum atomic E-state index is 11.8. The molecule has 0 aliphatic carbocycles. The molecule has 7 nitrogen and oxygen atoms in total. The van der Waals surface area contributed by atoms with Gasteiger partial charge in [0.05, 0.1) is 0 Å². The van der Waals surface area contributed by atoms with Gasteiger partial charge in [-0.25, -0.2) is 4.79 Å². The Hall–Kier alpha value is -1.63.